The lowest BCUT2D eigenvalue weighted by Crippen LogP contribution is -2.51. The summed E-state index contributed by atoms with van der Waals surface area (Å²) in [5.74, 6) is -1.56. The average molecular weight is 617 g/mol. The molecule has 3 aromatic rings. The first kappa shape index (κ1) is 29.6. The molecular weight excluding hydrogens is 585 g/mol. The first-order valence-corrected chi connectivity index (χ1v) is 15.7. The van der Waals surface area contributed by atoms with Crippen molar-refractivity contribution < 1.29 is 28.2 Å². The van der Waals surface area contributed by atoms with Crippen molar-refractivity contribution in [2.75, 3.05) is 6.61 Å². The van der Waals surface area contributed by atoms with E-state index in [1.807, 2.05) is 30.4 Å². The second-order valence-corrected chi connectivity index (χ2v) is 13.2. The highest BCUT2D eigenvalue weighted by Gasteiger charge is 2.60. The summed E-state index contributed by atoms with van der Waals surface area (Å²) in [5, 5.41) is 19.3. The fourth-order valence-corrected chi connectivity index (χ4v) is 8.18. The Balaban J connectivity index is 1.45. The second-order valence-electron chi connectivity index (χ2n) is 10.6. The molecule has 0 radical (unpaired) electrons. The lowest BCUT2D eigenvalue weighted by Gasteiger charge is -2.39. The van der Waals surface area contributed by atoms with Crippen molar-refractivity contribution in [1.29, 1.82) is 0 Å². The Hall–Kier alpha value is -2.88. The number of allylic oxidation sites excluding steroid dienone is 2. The van der Waals surface area contributed by atoms with Crippen molar-refractivity contribution in [3.05, 3.63) is 94.5 Å². The number of sulfonamides is 1. The summed E-state index contributed by atoms with van der Waals surface area (Å²) in [6.07, 6.45) is 6.00. The summed E-state index contributed by atoms with van der Waals surface area (Å²) in [6.45, 7) is 0.451. The maximum absolute atomic E-state index is 13.5. The quantitative estimate of drug-likeness (QED) is 0.166. The van der Waals surface area contributed by atoms with Gasteiger partial charge in [-0.2, -0.15) is 0 Å². The molecule has 7 nitrogen and oxygen atoms in total. The predicted octanol–water partition coefficient (Wildman–Crippen LogP) is 6.57. The van der Waals surface area contributed by atoms with E-state index in [1.54, 1.807) is 0 Å². The van der Waals surface area contributed by atoms with Gasteiger partial charge in [0.1, 0.15) is 4.90 Å². The maximum Gasteiger partial charge on any atom is 0.303 e. The number of rotatable bonds is 11. The fraction of sp³-hybridized carbons (Fsp3) is 0.323. The Kier molecular flexibility index (Phi) is 8.78. The number of aliphatic carboxylic acids is 1. The maximum atomic E-state index is 13.5. The van der Waals surface area contributed by atoms with E-state index in [-0.39, 0.29) is 33.4 Å². The molecule has 5 rings (SSSR count). The van der Waals surface area contributed by atoms with Crippen molar-refractivity contribution >= 4 is 39.2 Å². The summed E-state index contributed by atoms with van der Waals surface area (Å²) in [6, 6.07) is 20.3. The Labute approximate surface area is 249 Å². The van der Waals surface area contributed by atoms with Crippen LogP contribution < -0.4 is 4.72 Å². The van der Waals surface area contributed by atoms with Gasteiger partial charge in [0.15, 0.2) is 5.75 Å². The molecule has 0 aromatic heterocycles. The van der Waals surface area contributed by atoms with Crippen molar-refractivity contribution in [3.8, 4) is 16.9 Å². The van der Waals surface area contributed by atoms with E-state index in [2.05, 4.69) is 41.1 Å². The number of fused-ring (bicyclic) bond motifs is 2. The molecule has 0 amide bonds. The van der Waals surface area contributed by atoms with E-state index >= 15 is 0 Å². The first-order chi connectivity index (χ1) is 19.6. The van der Waals surface area contributed by atoms with Crippen molar-refractivity contribution in [2.24, 2.45) is 5.92 Å². The lowest BCUT2D eigenvalue weighted by atomic mass is 9.70. The highest BCUT2D eigenvalue weighted by molar-refractivity contribution is 7.89. The number of halogens is 2. The number of ether oxygens (including phenoxy) is 1. The number of carboxylic acids is 1. The van der Waals surface area contributed by atoms with Crippen LogP contribution in [0.1, 0.15) is 37.7 Å². The third-order valence-corrected chi connectivity index (χ3v) is 10.1. The monoisotopic (exact) mass is 615 g/mol. The summed E-state index contributed by atoms with van der Waals surface area (Å²) in [7, 11) is -4.21. The molecule has 3 N–H and O–H groups in total. The Morgan fingerprint density at radius 3 is 2.46 bits per heavy atom. The molecule has 3 aromatic carbocycles. The molecule has 2 bridgehead atoms. The number of aromatic hydroxyl groups is 1. The molecule has 41 heavy (non-hydrogen) atoms. The van der Waals surface area contributed by atoms with E-state index in [1.165, 1.54) is 12.1 Å². The molecule has 1 saturated carbocycles. The van der Waals surface area contributed by atoms with Gasteiger partial charge in [-0.15, -0.1) is 0 Å². The van der Waals surface area contributed by atoms with Crippen LogP contribution in [0.5, 0.6) is 5.75 Å². The summed E-state index contributed by atoms with van der Waals surface area (Å²) >= 11 is 12.1. The lowest BCUT2D eigenvalue weighted by molar-refractivity contribution is -0.137. The van der Waals surface area contributed by atoms with Crippen molar-refractivity contribution in [2.45, 2.75) is 54.6 Å². The minimum atomic E-state index is -4.21. The van der Waals surface area contributed by atoms with Crippen LogP contribution in [0.25, 0.3) is 11.1 Å². The van der Waals surface area contributed by atoms with Crippen LogP contribution in [0.4, 0.5) is 0 Å². The number of hydrogen-bond acceptors (Lipinski definition) is 5. The fourth-order valence-electron chi connectivity index (χ4n) is 6.12. The van der Waals surface area contributed by atoms with Gasteiger partial charge in [-0.05, 0) is 60.4 Å². The highest BCUT2D eigenvalue weighted by Crippen LogP contribution is 2.54. The van der Waals surface area contributed by atoms with Gasteiger partial charge in [-0.3, -0.25) is 4.79 Å². The summed E-state index contributed by atoms with van der Waals surface area (Å²) in [5.41, 5.74) is 2.82. The van der Waals surface area contributed by atoms with E-state index in [0.717, 1.165) is 16.7 Å². The smallest absolute Gasteiger partial charge is 0.303 e. The molecule has 4 atom stereocenters. The summed E-state index contributed by atoms with van der Waals surface area (Å²) < 4.78 is 36.1. The molecule has 1 heterocycles. The predicted molar refractivity (Wildman–Crippen MR) is 159 cm³/mol. The van der Waals surface area contributed by atoms with Gasteiger partial charge in [0.2, 0.25) is 10.0 Å². The first-order valence-electron chi connectivity index (χ1n) is 13.5. The Morgan fingerprint density at radius 2 is 1.76 bits per heavy atom. The van der Waals surface area contributed by atoms with Crippen LogP contribution in [0.15, 0.2) is 83.8 Å². The van der Waals surface area contributed by atoms with Crippen LogP contribution in [0, 0.1) is 5.92 Å². The number of phenolic OH excluding ortho intramolecular Hbond substituents is 1. The highest BCUT2D eigenvalue weighted by atomic mass is 35.5. The molecule has 2 aliphatic rings. The minimum absolute atomic E-state index is 0.0909. The van der Waals surface area contributed by atoms with E-state index in [9.17, 15) is 18.3 Å². The largest absolute Gasteiger partial charge is 0.505 e. The van der Waals surface area contributed by atoms with Crippen LogP contribution in [0.2, 0.25) is 10.0 Å². The standard InChI is InChI=1S/C31H31Cl2NO6S/c32-23-16-25(33)30(37)27(17-23)41(38,39)34-29-24(10-6-1-2-7-11-28(35)36)31(18-26(29)40-19-31)22-14-12-21(13-15-22)20-8-4-3-5-9-20/h1,3-6,8-9,12-17,24,26,29,34,37H,2,7,10-11,18-19H2,(H,35,36)/b6-1-/t24-,26-,29-,31-/m0/s1. The zero-order chi connectivity index (χ0) is 29.2. The van der Waals surface area contributed by atoms with Crippen LogP contribution in [0.3, 0.4) is 0 Å². The molecule has 2 fully saturated rings. The van der Waals surface area contributed by atoms with E-state index in [4.69, 9.17) is 33.0 Å². The SMILES string of the molecule is O=C(O)CCC/C=C\C[C@H]1[C@H](NS(=O)(=O)c2cc(Cl)cc(Cl)c2O)[C@@H]2C[C@@]1(c1ccc(-c3ccccc3)cc1)CO2. The molecule has 10 heteroatoms. The number of carboxylic acid groups (broad SMARTS) is 1. The number of benzene rings is 3. The molecule has 0 unspecified atom stereocenters. The van der Waals surface area contributed by atoms with Gasteiger partial charge in [-0.25, -0.2) is 13.1 Å². The number of carbonyl (C=O) groups is 1. The third kappa shape index (κ3) is 6.17. The van der Waals surface area contributed by atoms with Crippen LogP contribution in [-0.2, 0) is 25.0 Å². The molecule has 0 spiro atoms. The van der Waals surface area contributed by atoms with Gasteiger partial charge in [0.25, 0.3) is 0 Å². The van der Waals surface area contributed by atoms with E-state index in [0.29, 0.717) is 32.3 Å². The molecule has 1 aliphatic heterocycles. The average Bonchev–Trinajstić information content (AvgIpc) is 3.51. The molecule has 1 saturated heterocycles. The number of nitrogens with one attached hydrogen (secondary N) is 1. The van der Waals surface area contributed by atoms with Crippen molar-refractivity contribution in [1.82, 2.24) is 4.72 Å². The zero-order valence-corrected chi connectivity index (χ0v) is 24.5. The summed E-state index contributed by atoms with van der Waals surface area (Å²) in [4.78, 5) is 10.5. The Bertz CT molecular complexity index is 1540. The van der Waals surface area contributed by atoms with E-state index < -0.39 is 33.2 Å². The van der Waals surface area contributed by atoms with Gasteiger partial charge in [0.05, 0.1) is 23.8 Å². The van der Waals surface area contributed by atoms with Crippen LogP contribution in [-0.4, -0.2) is 43.4 Å². The second kappa shape index (κ2) is 12.2. The number of unbranched alkanes of at least 4 members (excludes halogenated alkanes) is 1. The molecule has 216 valence electrons. The third-order valence-electron chi connectivity index (χ3n) is 8.12. The number of hydrogen-bond donors (Lipinski definition) is 3. The van der Waals surface area contributed by atoms with Gasteiger partial charge in [0, 0.05) is 16.9 Å². The van der Waals surface area contributed by atoms with Gasteiger partial charge < -0.3 is 14.9 Å². The normalized spacial score (nSPS) is 23.8. The van der Waals surface area contributed by atoms with Gasteiger partial charge in [-0.1, -0.05) is 90.0 Å². The van der Waals surface area contributed by atoms with Crippen LogP contribution >= 0.6 is 23.2 Å². The molecule has 1 aliphatic carbocycles. The topological polar surface area (TPSA) is 113 Å². The Morgan fingerprint density at radius 1 is 1.05 bits per heavy atom. The number of phenols is 1. The van der Waals surface area contributed by atoms with Gasteiger partial charge >= 0.3 is 5.97 Å². The minimum Gasteiger partial charge on any atom is -0.505 e. The van der Waals surface area contributed by atoms with Crippen molar-refractivity contribution in [3.63, 3.8) is 0 Å². The molecular formula is C31H31Cl2NO6S. The zero-order valence-electron chi connectivity index (χ0n) is 22.2.